The van der Waals surface area contributed by atoms with Gasteiger partial charge in [-0.1, -0.05) is 6.58 Å². The van der Waals surface area contributed by atoms with E-state index in [1.165, 1.54) is 6.92 Å². The van der Waals surface area contributed by atoms with Crippen LogP contribution in [0.3, 0.4) is 0 Å². The van der Waals surface area contributed by atoms with Crippen molar-refractivity contribution < 1.29 is 43.3 Å². The molecule has 0 saturated heterocycles. The highest BCUT2D eigenvalue weighted by atomic mass is 16.6. The van der Waals surface area contributed by atoms with Crippen LogP contribution in [0.25, 0.3) is 0 Å². The topological polar surface area (TPSA) is 169 Å². The normalized spacial score (nSPS) is 27.9. The average Bonchev–Trinajstić information content (AvgIpc) is 3.40. The average molecular weight is 484 g/mol. The molecule has 12 nitrogen and oxygen atoms in total. The van der Waals surface area contributed by atoms with Crippen molar-refractivity contribution in [3.8, 4) is 0 Å². The number of aliphatic hydroxyl groups excluding tert-OH is 1. The minimum absolute atomic E-state index is 0.0222. The zero-order valence-electron chi connectivity index (χ0n) is 20.0. The summed E-state index contributed by atoms with van der Waals surface area (Å²) >= 11 is 0. The summed E-state index contributed by atoms with van der Waals surface area (Å²) in [5, 5.41) is 17.7. The maximum absolute atomic E-state index is 12.9. The lowest BCUT2D eigenvalue weighted by molar-refractivity contribution is -0.156. The van der Waals surface area contributed by atoms with Crippen molar-refractivity contribution in [2.45, 2.75) is 64.3 Å². The number of rotatable bonds is 9. The summed E-state index contributed by atoms with van der Waals surface area (Å²) < 4.78 is 15.0. The zero-order chi connectivity index (χ0) is 25.8. The molecule has 0 radical (unpaired) electrons. The third-order valence-corrected chi connectivity index (χ3v) is 5.64. The highest BCUT2D eigenvalue weighted by Gasteiger charge is 2.76. The first-order valence-electron chi connectivity index (χ1n) is 11.0. The van der Waals surface area contributed by atoms with Gasteiger partial charge in [-0.2, -0.15) is 0 Å². The van der Waals surface area contributed by atoms with Crippen molar-refractivity contribution >= 4 is 29.8 Å². The number of fused-ring (bicyclic) bond motifs is 1. The highest BCUT2D eigenvalue weighted by Crippen LogP contribution is 2.63. The molecule has 0 aliphatic heterocycles. The summed E-state index contributed by atoms with van der Waals surface area (Å²) in [4.78, 5) is 61.8. The Morgan fingerprint density at radius 2 is 1.88 bits per heavy atom. The Labute approximate surface area is 197 Å². The second-order valence-electron chi connectivity index (χ2n) is 9.33. The molecule has 0 aromatic rings. The van der Waals surface area contributed by atoms with Crippen molar-refractivity contribution in [3.05, 3.63) is 12.8 Å². The molecule has 2 aliphatic rings. The molecule has 2 rings (SSSR count). The van der Waals surface area contributed by atoms with Crippen LogP contribution in [-0.2, 0) is 33.4 Å². The van der Waals surface area contributed by atoms with Gasteiger partial charge < -0.3 is 35.3 Å². The number of hydrogen-bond donors (Lipinski definition) is 4. The van der Waals surface area contributed by atoms with E-state index in [1.54, 1.807) is 27.7 Å². The fraction of sp³-hybridized carbons (Fsp3) is 0.682. The highest BCUT2D eigenvalue weighted by molar-refractivity contribution is 5.95. The number of hydrogen-bond acceptors (Lipinski definition) is 9. The Balaban J connectivity index is 2.05. The molecular formula is C22H33N3O9. The van der Waals surface area contributed by atoms with Crippen LogP contribution in [0.1, 0.15) is 41.0 Å². The molecule has 2 aliphatic carbocycles. The Bertz CT molecular complexity index is 853. The Kier molecular flexibility index (Phi) is 8.30. The van der Waals surface area contributed by atoms with Crippen LogP contribution in [0.15, 0.2) is 12.8 Å². The number of alkyl carbamates (subject to hydrolysis) is 1. The summed E-state index contributed by atoms with van der Waals surface area (Å²) in [6, 6.07) is -1.10. The Hall–Kier alpha value is -3.15. The predicted molar refractivity (Wildman–Crippen MR) is 117 cm³/mol. The SMILES string of the molecule is C=COC(=O)[C@H]1[C@H]2[C@@H]1[C@@](NC(=O)[C@H](C)NC(=O)CNC(=O)OC(C)(C)C)(C(=O)OCC)C[C@@H]2O. The van der Waals surface area contributed by atoms with E-state index >= 15 is 0 Å². The van der Waals surface area contributed by atoms with Gasteiger partial charge in [-0.05, 0) is 34.6 Å². The standard InChI is InChI=1S/C22H33N3O9/c1-7-32-18(29)15-14-12(26)9-22(16(14)15,19(30)33-8-2)25-17(28)11(3)24-13(27)10-23-20(31)34-21(4,5)6/h7,11-12,14-16,26H,1,8-10H2,2-6H3,(H,23,31)(H,24,27)(H,25,28)/t11-,12-,14-,15-,16-,22+/m0/s1. The summed E-state index contributed by atoms with van der Waals surface area (Å²) in [5.74, 6) is -4.96. The molecular weight excluding hydrogens is 450 g/mol. The molecule has 0 heterocycles. The maximum Gasteiger partial charge on any atom is 0.408 e. The van der Waals surface area contributed by atoms with Crippen LogP contribution in [-0.4, -0.2) is 71.4 Å². The van der Waals surface area contributed by atoms with Gasteiger partial charge in [-0.3, -0.25) is 14.4 Å². The van der Waals surface area contributed by atoms with Crippen molar-refractivity contribution in [1.29, 1.82) is 0 Å². The minimum atomic E-state index is -1.66. The third-order valence-electron chi connectivity index (χ3n) is 5.64. The first-order valence-corrected chi connectivity index (χ1v) is 11.0. The number of aliphatic hydroxyl groups is 1. The second-order valence-corrected chi connectivity index (χ2v) is 9.33. The van der Waals surface area contributed by atoms with Gasteiger partial charge in [0.15, 0.2) is 0 Å². The van der Waals surface area contributed by atoms with Crippen LogP contribution in [0, 0.1) is 17.8 Å². The molecule has 6 atom stereocenters. The van der Waals surface area contributed by atoms with Crippen LogP contribution in [0.5, 0.6) is 0 Å². The van der Waals surface area contributed by atoms with Gasteiger partial charge in [0.1, 0.15) is 23.7 Å². The van der Waals surface area contributed by atoms with Gasteiger partial charge in [0, 0.05) is 18.3 Å². The van der Waals surface area contributed by atoms with Gasteiger partial charge in [0.05, 0.1) is 24.9 Å². The van der Waals surface area contributed by atoms with E-state index in [2.05, 4.69) is 22.5 Å². The molecule has 0 bridgehead atoms. The van der Waals surface area contributed by atoms with E-state index < -0.39 is 77.4 Å². The molecule has 12 heteroatoms. The van der Waals surface area contributed by atoms with Crippen molar-refractivity contribution in [3.63, 3.8) is 0 Å². The maximum atomic E-state index is 12.9. The molecule has 0 spiro atoms. The summed E-state index contributed by atoms with van der Waals surface area (Å²) in [6.07, 6.45) is -1.03. The van der Waals surface area contributed by atoms with E-state index in [9.17, 15) is 29.1 Å². The Morgan fingerprint density at radius 3 is 2.44 bits per heavy atom. The molecule has 4 N–H and O–H groups in total. The first-order chi connectivity index (χ1) is 15.8. The summed E-state index contributed by atoms with van der Waals surface area (Å²) in [7, 11) is 0. The fourth-order valence-corrected chi connectivity index (χ4v) is 4.33. The summed E-state index contributed by atoms with van der Waals surface area (Å²) in [6.45, 7) is 10.9. The van der Waals surface area contributed by atoms with Gasteiger partial charge in [0.2, 0.25) is 11.8 Å². The van der Waals surface area contributed by atoms with Gasteiger partial charge in [-0.15, -0.1) is 0 Å². The Morgan fingerprint density at radius 1 is 1.24 bits per heavy atom. The third kappa shape index (κ3) is 6.04. The lowest BCUT2D eigenvalue weighted by atomic mass is 9.89. The van der Waals surface area contributed by atoms with Gasteiger partial charge in [0.25, 0.3) is 0 Å². The lowest BCUT2D eigenvalue weighted by Crippen LogP contribution is -2.61. The number of carbonyl (C=O) groups is 5. The quantitative estimate of drug-likeness (QED) is 0.196. The van der Waals surface area contributed by atoms with Crippen LogP contribution in [0.4, 0.5) is 4.79 Å². The van der Waals surface area contributed by atoms with Crippen molar-refractivity contribution in [1.82, 2.24) is 16.0 Å². The largest absolute Gasteiger partial charge is 0.464 e. The van der Waals surface area contributed by atoms with Crippen molar-refractivity contribution in [2.24, 2.45) is 17.8 Å². The second kappa shape index (κ2) is 10.4. The number of ether oxygens (including phenoxy) is 3. The molecule has 2 fully saturated rings. The number of carbonyl (C=O) groups excluding carboxylic acids is 5. The number of esters is 2. The van der Waals surface area contributed by atoms with E-state index in [0.29, 0.717) is 0 Å². The monoisotopic (exact) mass is 483 g/mol. The predicted octanol–water partition coefficient (Wildman–Crippen LogP) is -0.253. The van der Waals surface area contributed by atoms with Crippen LogP contribution < -0.4 is 16.0 Å². The molecule has 0 aromatic heterocycles. The minimum Gasteiger partial charge on any atom is -0.464 e. The zero-order valence-corrected chi connectivity index (χ0v) is 20.0. The van der Waals surface area contributed by atoms with E-state index in [-0.39, 0.29) is 13.0 Å². The molecule has 190 valence electrons. The summed E-state index contributed by atoms with van der Waals surface area (Å²) in [5.41, 5.74) is -2.40. The lowest BCUT2D eigenvalue weighted by Gasteiger charge is -2.32. The molecule has 0 unspecified atom stereocenters. The molecule has 2 saturated carbocycles. The smallest absolute Gasteiger partial charge is 0.408 e. The van der Waals surface area contributed by atoms with Gasteiger partial charge in [-0.25, -0.2) is 9.59 Å². The molecule has 3 amide bonds. The fourth-order valence-electron chi connectivity index (χ4n) is 4.33. The van der Waals surface area contributed by atoms with E-state index in [4.69, 9.17) is 14.2 Å². The number of amides is 3. The van der Waals surface area contributed by atoms with Gasteiger partial charge >= 0.3 is 18.0 Å². The first kappa shape index (κ1) is 27.1. The van der Waals surface area contributed by atoms with Crippen LogP contribution >= 0.6 is 0 Å². The number of nitrogens with one attached hydrogen (secondary N) is 3. The molecule has 0 aromatic carbocycles. The van der Waals surface area contributed by atoms with Crippen molar-refractivity contribution in [2.75, 3.05) is 13.2 Å². The van der Waals surface area contributed by atoms with E-state index in [1.807, 2.05) is 0 Å². The molecule has 34 heavy (non-hydrogen) atoms. The van der Waals surface area contributed by atoms with E-state index in [0.717, 1.165) is 6.26 Å². The van der Waals surface area contributed by atoms with Crippen LogP contribution in [0.2, 0.25) is 0 Å².